The zero-order valence-electron chi connectivity index (χ0n) is 12.2. The fourth-order valence-electron chi connectivity index (χ4n) is 2.90. The molecule has 0 atom stereocenters. The van der Waals surface area contributed by atoms with Crippen molar-refractivity contribution in [3.63, 3.8) is 0 Å². The zero-order chi connectivity index (χ0) is 15.8. The molecule has 1 heterocycles. The van der Waals surface area contributed by atoms with Crippen LogP contribution >= 0.6 is 23.2 Å². The number of aromatic amines is 1. The largest absolute Gasteiger partial charge is 0.354 e. The van der Waals surface area contributed by atoms with Crippen molar-refractivity contribution in [1.29, 1.82) is 0 Å². The van der Waals surface area contributed by atoms with E-state index in [1.807, 2.05) is 60.7 Å². The highest BCUT2D eigenvalue weighted by atomic mass is 35.5. The molecule has 0 unspecified atom stereocenters. The first kappa shape index (κ1) is 14.4. The minimum absolute atomic E-state index is 0.731. The molecule has 0 aliphatic heterocycles. The number of hydrogen-bond donors (Lipinski definition) is 1. The average molecular weight is 338 g/mol. The molecular formula is C20H13Cl2N. The molecule has 0 radical (unpaired) electrons. The molecule has 0 amide bonds. The molecule has 0 aliphatic carbocycles. The van der Waals surface area contributed by atoms with Crippen molar-refractivity contribution in [2.45, 2.75) is 0 Å². The first-order chi connectivity index (χ1) is 11.2. The summed E-state index contributed by atoms with van der Waals surface area (Å²) in [5, 5.41) is 2.58. The summed E-state index contributed by atoms with van der Waals surface area (Å²) in [5.74, 6) is 0. The minimum atomic E-state index is 0.731. The number of fused-ring (bicyclic) bond motifs is 1. The third kappa shape index (κ3) is 2.63. The number of halogens is 2. The number of hydrogen-bond acceptors (Lipinski definition) is 0. The van der Waals surface area contributed by atoms with Crippen molar-refractivity contribution < 1.29 is 0 Å². The molecule has 3 aromatic carbocycles. The number of H-pyrrole nitrogens is 1. The average Bonchev–Trinajstić information content (AvgIpc) is 2.95. The summed E-state index contributed by atoms with van der Waals surface area (Å²) in [4.78, 5) is 3.52. The van der Waals surface area contributed by atoms with Gasteiger partial charge in [-0.15, -0.1) is 0 Å². The van der Waals surface area contributed by atoms with E-state index in [2.05, 4.69) is 17.1 Å². The van der Waals surface area contributed by atoms with Gasteiger partial charge in [0.05, 0.1) is 5.69 Å². The van der Waals surface area contributed by atoms with E-state index >= 15 is 0 Å². The Labute approximate surface area is 144 Å². The lowest BCUT2D eigenvalue weighted by atomic mass is 9.98. The molecule has 3 heteroatoms. The van der Waals surface area contributed by atoms with Crippen molar-refractivity contribution in [3.05, 3.63) is 82.8 Å². The molecular weight excluding hydrogens is 325 g/mol. The quantitative estimate of drug-likeness (QED) is 0.413. The Kier molecular flexibility index (Phi) is 3.60. The van der Waals surface area contributed by atoms with Gasteiger partial charge < -0.3 is 4.98 Å². The standard InChI is InChI=1S/C20H13Cl2N/c21-15-8-6-14(7-9-15)20-19(13-4-2-1-3-5-13)17-12-16(22)10-11-18(17)23-20/h1-12,23H. The SMILES string of the molecule is Clc1ccc(-c2[nH]c3ccc(Cl)cc3c2-c2ccccc2)cc1. The monoisotopic (exact) mass is 337 g/mol. The Bertz CT molecular complexity index is 970. The Morgan fingerprint density at radius 2 is 1.35 bits per heavy atom. The second-order valence-electron chi connectivity index (χ2n) is 5.44. The first-order valence-electron chi connectivity index (χ1n) is 7.35. The summed E-state index contributed by atoms with van der Waals surface area (Å²) in [6.45, 7) is 0. The number of aromatic nitrogens is 1. The molecule has 0 bridgehead atoms. The Balaban J connectivity index is 2.05. The van der Waals surface area contributed by atoms with Gasteiger partial charge in [-0.2, -0.15) is 0 Å². The molecule has 4 rings (SSSR count). The van der Waals surface area contributed by atoms with Gasteiger partial charge in [-0.1, -0.05) is 65.7 Å². The van der Waals surface area contributed by atoms with Gasteiger partial charge in [-0.3, -0.25) is 0 Å². The highest BCUT2D eigenvalue weighted by Gasteiger charge is 2.15. The number of nitrogens with one attached hydrogen (secondary N) is 1. The van der Waals surface area contributed by atoms with Gasteiger partial charge in [0.1, 0.15) is 0 Å². The van der Waals surface area contributed by atoms with Gasteiger partial charge >= 0.3 is 0 Å². The topological polar surface area (TPSA) is 15.8 Å². The third-order valence-corrected chi connectivity index (χ3v) is 4.44. The van der Waals surface area contributed by atoms with Crippen LogP contribution in [-0.4, -0.2) is 4.98 Å². The Morgan fingerprint density at radius 1 is 0.652 bits per heavy atom. The van der Waals surface area contributed by atoms with E-state index < -0.39 is 0 Å². The summed E-state index contributed by atoms with van der Waals surface area (Å²) in [5.41, 5.74) is 5.56. The molecule has 112 valence electrons. The summed E-state index contributed by atoms with van der Waals surface area (Å²) in [6.07, 6.45) is 0. The summed E-state index contributed by atoms with van der Waals surface area (Å²) >= 11 is 12.3. The maximum Gasteiger partial charge on any atom is 0.0544 e. The maximum absolute atomic E-state index is 6.22. The third-order valence-electron chi connectivity index (χ3n) is 3.96. The van der Waals surface area contributed by atoms with Gasteiger partial charge in [-0.05, 0) is 41.5 Å². The van der Waals surface area contributed by atoms with Gasteiger partial charge in [0, 0.05) is 26.5 Å². The first-order valence-corrected chi connectivity index (χ1v) is 8.10. The van der Waals surface area contributed by atoms with Crippen LogP contribution in [0.15, 0.2) is 72.8 Å². The zero-order valence-corrected chi connectivity index (χ0v) is 13.7. The predicted molar refractivity (Wildman–Crippen MR) is 99.2 cm³/mol. The van der Waals surface area contributed by atoms with Crippen LogP contribution in [0.5, 0.6) is 0 Å². The second-order valence-corrected chi connectivity index (χ2v) is 6.31. The lowest BCUT2D eigenvalue weighted by Gasteiger charge is -2.06. The Morgan fingerprint density at radius 3 is 2.09 bits per heavy atom. The summed E-state index contributed by atoms with van der Waals surface area (Å²) in [7, 11) is 0. The van der Waals surface area contributed by atoms with Gasteiger partial charge in [-0.25, -0.2) is 0 Å². The highest BCUT2D eigenvalue weighted by molar-refractivity contribution is 6.31. The summed E-state index contributed by atoms with van der Waals surface area (Å²) in [6, 6.07) is 24.1. The van der Waals surface area contributed by atoms with Crippen LogP contribution in [0.25, 0.3) is 33.3 Å². The maximum atomic E-state index is 6.22. The van der Waals surface area contributed by atoms with Crippen LogP contribution in [0.3, 0.4) is 0 Å². The number of benzene rings is 3. The van der Waals surface area contributed by atoms with E-state index in [1.165, 1.54) is 0 Å². The lowest BCUT2D eigenvalue weighted by Crippen LogP contribution is -1.82. The Hall–Kier alpha value is -2.22. The molecule has 0 fully saturated rings. The van der Waals surface area contributed by atoms with Crippen molar-refractivity contribution in [2.75, 3.05) is 0 Å². The van der Waals surface area contributed by atoms with Crippen molar-refractivity contribution in [2.24, 2.45) is 0 Å². The van der Waals surface area contributed by atoms with Gasteiger partial charge in [0.25, 0.3) is 0 Å². The molecule has 1 aromatic heterocycles. The lowest BCUT2D eigenvalue weighted by molar-refractivity contribution is 1.45. The smallest absolute Gasteiger partial charge is 0.0544 e. The van der Waals surface area contributed by atoms with Crippen molar-refractivity contribution in [1.82, 2.24) is 4.98 Å². The van der Waals surface area contributed by atoms with Gasteiger partial charge in [0.2, 0.25) is 0 Å². The molecule has 0 aliphatic rings. The molecule has 0 spiro atoms. The normalized spacial score (nSPS) is 11.0. The second kappa shape index (κ2) is 5.77. The van der Waals surface area contributed by atoms with E-state index in [0.717, 1.165) is 43.3 Å². The number of rotatable bonds is 2. The minimum Gasteiger partial charge on any atom is -0.354 e. The molecule has 23 heavy (non-hydrogen) atoms. The van der Waals surface area contributed by atoms with Crippen LogP contribution in [0.1, 0.15) is 0 Å². The van der Waals surface area contributed by atoms with Crippen LogP contribution in [0, 0.1) is 0 Å². The molecule has 0 saturated carbocycles. The van der Waals surface area contributed by atoms with E-state index in [4.69, 9.17) is 23.2 Å². The van der Waals surface area contributed by atoms with E-state index in [1.54, 1.807) is 0 Å². The van der Waals surface area contributed by atoms with Crippen LogP contribution in [-0.2, 0) is 0 Å². The molecule has 1 nitrogen and oxygen atoms in total. The molecule has 0 saturated heterocycles. The van der Waals surface area contributed by atoms with E-state index in [0.29, 0.717) is 0 Å². The highest BCUT2D eigenvalue weighted by Crippen LogP contribution is 2.39. The van der Waals surface area contributed by atoms with E-state index in [9.17, 15) is 0 Å². The van der Waals surface area contributed by atoms with Crippen molar-refractivity contribution in [3.8, 4) is 22.4 Å². The van der Waals surface area contributed by atoms with Gasteiger partial charge in [0.15, 0.2) is 0 Å². The van der Waals surface area contributed by atoms with Crippen molar-refractivity contribution >= 4 is 34.1 Å². The fourth-order valence-corrected chi connectivity index (χ4v) is 3.20. The fraction of sp³-hybridized carbons (Fsp3) is 0. The van der Waals surface area contributed by atoms with Crippen LogP contribution in [0.2, 0.25) is 10.0 Å². The molecule has 4 aromatic rings. The molecule has 1 N–H and O–H groups in total. The summed E-state index contributed by atoms with van der Waals surface area (Å²) < 4.78 is 0. The van der Waals surface area contributed by atoms with Crippen LogP contribution < -0.4 is 0 Å². The van der Waals surface area contributed by atoms with E-state index in [-0.39, 0.29) is 0 Å². The van der Waals surface area contributed by atoms with Crippen LogP contribution in [0.4, 0.5) is 0 Å². The predicted octanol–water partition coefficient (Wildman–Crippen LogP) is 6.81.